The fourth-order valence-corrected chi connectivity index (χ4v) is 4.38. The quantitative estimate of drug-likeness (QED) is 0.748. The van der Waals surface area contributed by atoms with E-state index < -0.39 is 9.84 Å². The molecular weight excluding hydrogens is 338 g/mol. The van der Waals surface area contributed by atoms with Crippen molar-refractivity contribution in [1.29, 1.82) is 0 Å². The average molecular weight is 368 g/mol. The standard InChI is InChI=1S/C18H29N3O3S/c1-20(17-9-4-3-5-10-17)12-7-11-19-18(22)21-13-6-8-16(14-21)15-25(2,23)24/h3-5,9-10,16H,6-8,11-15H2,1-2H3,(H,19,22)/t16-/m1/s1. The number of urea groups is 1. The maximum absolute atomic E-state index is 12.3. The summed E-state index contributed by atoms with van der Waals surface area (Å²) in [6, 6.07) is 10.1. The Hall–Kier alpha value is -1.76. The molecule has 0 unspecified atom stereocenters. The van der Waals surface area contributed by atoms with E-state index in [4.69, 9.17) is 0 Å². The number of sulfone groups is 1. The average Bonchev–Trinajstić information content (AvgIpc) is 2.58. The number of likely N-dealkylation sites (tertiary alicyclic amines) is 1. The number of nitrogens with zero attached hydrogens (tertiary/aromatic N) is 2. The summed E-state index contributed by atoms with van der Waals surface area (Å²) in [5, 5.41) is 2.95. The van der Waals surface area contributed by atoms with E-state index in [2.05, 4.69) is 22.3 Å². The number of carbonyl (C=O) groups is 1. The highest BCUT2D eigenvalue weighted by Gasteiger charge is 2.25. The van der Waals surface area contributed by atoms with Crippen molar-refractivity contribution in [2.75, 3.05) is 50.1 Å². The van der Waals surface area contributed by atoms with Gasteiger partial charge in [-0.3, -0.25) is 0 Å². The lowest BCUT2D eigenvalue weighted by atomic mass is 10.0. The molecule has 1 aromatic carbocycles. The van der Waals surface area contributed by atoms with Gasteiger partial charge in [0.15, 0.2) is 0 Å². The van der Waals surface area contributed by atoms with Crippen LogP contribution in [0, 0.1) is 5.92 Å². The zero-order chi connectivity index (χ0) is 18.3. The fraction of sp³-hybridized carbons (Fsp3) is 0.611. The highest BCUT2D eigenvalue weighted by Crippen LogP contribution is 2.18. The van der Waals surface area contributed by atoms with Crippen LogP contribution in [0.4, 0.5) is 10.5 Å². The number of nitrogens with one attached hydrogen (secondary N) is 1. The number of para-hydroxylation sites is 1. The van der Waals surface area contributed by atoms with Crippen LogP contribution in [0.5, 0.6) is 0 Å². The Kier molecular flexibility index (Phi) is 7.11. The molecule has 2 amide bonds. The van der Waals surface area contributed by atoms with Crippen LogP contribution < -0.4 is 10.2 Å². The molecule has 1 aliphatic heterocycles. The number of amides is 2. The molecule has 2 rings (SSSR count). The summed E-state index contributed by atoms with van der Waals surface area (Å²) in [5.74, 6) is 0.220. The van der Waals surface area contributed by atoms with Crippen molar-refractivity contribution in [2.45, 2.75) is 19.3 Å². The Balaban J connectivity index is 1.69. The van der Waals surface area contributed by atoms with E-state index in [0.29, 0.717) is 19.6 Å². The molecule has 25 heavy (non-hydrogen) atoms. The first-order valence-corrected chi connectivity index (χ1v) is 10.9. The molecule has 0 radical (unpaired) electrons. The molecule has 6 nitrogen and oxygen atoms in total. The van der Waals surface area contributed by atoms with E-state index in [0.717, 1.165) is 31.5 Å². The second-order valence-corrected chi connectivity index (χ2v) is 9.07. The molecule has 140 valence electrons. The van der Waals surface area contributed by atoms with Gasteiger partial charge in [-0.1, -0.05) is 18.2 Å². The number of carbonyl (C=O) groups excluding carboxylic acids is 1. The molecule has 0 aromatic heterocycles. The number of anilines is 1. The summed E-state index contributed by atoms with van der Waals surface area (Å²) >= 11 is 0. The zero-order valence-electron chi connectivity index (χ0n) is 15.1. The van der Waals surface area contributed by atoms with Crippen LogP contribution >= 0.6 is 0 Å². The molecule has 0 bridgehead atoms. The van der Waals surface area contributed by atoms with E-state index in [9.17, 15) is 13.2 Å². The van der Waals surface area contributed by atoms with Crippen LogP contribution in [0.15, 0.2) is 30.3 Å². The SMILES string of the molecule is CN(CCCNC(=O)N1CCC[C@@H](CS(C)(=O)=O)C1)c1ccccc1. The lowest BCUT2D eigenvalue weighted by Gasteiger charge is -2.32. The lowest BCUT2D eigenvalue weighted by Crippen LogP contribution is -2.47. The summed E-state index contributed by atoms with van der Waals surface area (Å²) in [6.07, 6.45) is 3.86. The van der Waals surface area contributed by atoms with E-state index >= 15 is 0 Å². The first-order valence-electron chi connectivity index (χ1n) is 8.82. The first-order chi connectivity index (χ1) is 11.8. The highest BCUT2D eigenvalue weighted by molar-refractivity contribution is 7.90. The topological polar surface area (TPSA) is 69.7 Å². The number of piperidine rings is 1. The Morgan fingerprint density at radius 1 is 1.32 bits per heavy atom. The normalized spacial score (nSPS) is 18.0. The van der Waals surface area contributed by atoms with Crippen molar-refractivity contribution in [1.82, 2.24) is 10.2 Å². The van der Waals surface area contributed by atoms with Crippen molar-refractivity contribution >= 4 is 21.6 Å². The Labute approximate surface area is 151 Å². The third kappa shape index (κ3) is 6.94. The van der Waals surface area contributed by atoms with Crippen molar-refractivity contribution in [3.8, 4) is 0 Å². The third-order valence-electron chi connectivity index (χ3n) is 4.49. The molecule has 0 spiro atoms. The van der Waals surface area contributed by atoms with Crippen molar-refractivity contribution in [3.63, 3.8) is 0 Å². The number of benzene rings is 1. The molecule has 0 saturated carbocycles. The minimum absolute atomic E-state index is 0.0544. The molecule has 1 saturated heterocycles. The van der Waals surface area contributed by atoms with Gasteiger partial charge in [0, 0.05) is 45.2 Å². The largest absolute Gasteiger partial charge is 0.375 e. The lowest BCUT2D eigenvalue weighted by molar-refractivity contribution is 0.170. The summed E-state index contributed by atoms with van der Waals surface area (Å²) in [6.45, 7) is 2.71. The minimum Gasteiger partial charge on any atom is -0.375 e. The van der Waals surface area contributed by atoms with Gasteiger partial charge in [0.1, 0.15) is 9.84 Å². The number of hydrogen-bond acceptors (Lipinski definition) is 4. The molecular formula is C18H29N3O3S. The van der Waals surface area contributed by atoms with Crippen LogP contribution in [0.3, 0.4) is 0 Å². The van der Waals surface area contributed by atoms with Gasteiger partial charge in [-0.2, -0.15) is 0 Å². The maximum atomic E-state index is 12.3. The molecule has 1 fully saturated rings. The van der Waals surface area contributed by atoms with E-state index in [1.165, 1.54) is 6.26 Å². The van der Waals surface area contributed by atoms with Gasteiger partial charge in [-0.05, 0) is 37.3 Å². The molecule has 1 aromatic rings. The smallest absolute Gasteiger partial charge is 0.317 e. The molecule has 0 aliphatic carbocycles. The monoisotopic (exact) mass is 367 g/mol. The Bertz CT molecular complexity index is 649. The van der Waals surface area contributed by atoms with E-state index in [1.807, 2.05) is 25.2 Å². The van der Waals surface area contributed by atoms with Gasteiger partial charge in [0.05, 0.1) is 5.75 Å². The van der Waals surface area contributed by atoms with Crippen LogP contribution in [-0.4, -0.2) is 64.6 Å². The van der Waals surface area contributed by atoms with Crippen molar-refractivity contribution < 1.29 is 13.2 Å². The summed E-state index contributed by atoms with van der Waals surface area (Å²) in [4.78, 5) is 16.2. The number of hydrogen-bond donors (Lipinski definition) is 1. The van der Waals surface area contributed by atoms with Crippen LogP contribution in [0.25, 0.3) is 0 Å². The second-order valence-electron chi connectivity index (χ2n) is 6.89. The number of rotatable bonds is 7. The minimum atomic E-state index is -2.99. The second kappa shape index (κ2) is 9.08. The molecule has 1 N–H and O–H groups in total. The third-order valence-corrected chi connectivity index (χ3v) is 5.57. The molecule has 1 heterocycles. The predicted molar refractivity (Wildman–Crippen MR) is 102 cm³/mol. The summed E-state index contributed by atoms with van der Waals surface area (Å²) in [7, 11) is -0.954. The van der Waals surface area contributed by atoms with Gasteiger partial charge in [-0.25, -0.2) is 13.2 Å². The van der Waals surface area contributed by atoms with Crippen LogP contribution in [0.1, 0.15) is 19.3 Å². The van der Waals surface area contributed by atoms with Crippen LogP contribution in [-0.2, 0) is 9.84 Å². The van der Waals surface area contributed by atoms with Crippen LogP contribution in [0.2, 0.25) is 0 Å². The van der Waals surface area contributed by atoms with Gasteiger partial charge in [0.25, 0.3) is 0 Å². The zero-order valence-corrected chi connectivity index (χ0v) is 16.0. The van der Waals surface area contributed by atoms with E-state index in [-0.39, 0.29) is 17.7 Å². The van der Waals surface area contributed by atoms with E-state index in [1.54, 1.807) is 4.90 Å². The predicted octanol–water partition coefficient (Wildman–Crippen LogP) is 1.98. The van der Waals surface area contributed by atoms with Crippen molar-refractivity contribution in [2.24, 2.45) is 5.92 Å². The van der Waals surface area contributed by atoms with Crippen molar-refractivity contribution in [3.05, 3.63) is 30.3 Å². The van der Waals surface area contributed by atoms with Gasteiger partial charge >= 0.3 is 6.03 Å². The van der Waals surface area contributed by atoms with Gasteiger partial charge in [-0.15, -0.1) is 0 Å². The first kappa shape index (κ1) is 19.6. The summed E-state index contributed by atoms with van der Waals surface area (Å²) in [5.41, 5.74) is 1.16. The summed E-state index contributed by atoms with van der Waals surface area (Å²) < 4.78 is 22.9. The molecule has 7 heteroatoms. The molecule has 1 aliphatic rings. The Morgan fingerprint density at radius 3 is 2.72 bits per heavy atom. The maximum Gasteiger partial charge on any atom is 0.317 e. The van der Waals surface area contributed by atoms with Gasteiger partial charge in [0.2, 0.25) is 0 Å². The van der Waals surface area contributed by atoms with Gasteiger partial charge < -0.3 is 15.1 Å². The highest BCUT2D eigenvalue weighted by atomic mass is 32.2. The fourth-order valence-electron chi connectivity index (χ4n) is 3.25. The molecule has 1 atom stereocenters. The Morgan fingerprint density at radius 2 is 2.04 bits per heavy atom.